The van der Waals surface area contributed by atoms with Gasteiger partial charge in [0, 0.05) is 26.6 Å². The summed E-state index contributed by atoms with van der Waals surface area (Å²) in [6.45, 7) is 0.904. The molecule has 1 saturated carbocycles. The summed E-state index contributed by atoms with van der Waals surface area (Å²) >= 11 is 0. The van der Waals surface area contributed by atoms with E-state index in [1.165, 1.54) is 37.0 Å². The maximum absolute atomic E-state index is 12.3. The first kappa shape index (κ1) is 18.7. The molecule has 1 aliphatic carbocycles. The minimum atomic E-state index is -0.843. The van der Waals surface area contributed by atoms with Crippen molar-refractivity contribution in [3.8, 4) is 0 Å². The standard InChI is InChI=1S/C18H30N2O4/c1-19(16(21)10-9-14-6-3-2-4-7-14)13-17(22)20-11-5-8-15(12-20)18(23)24/h14-15H,2-13H2,1H3,(H,23,24). The van der Waals surface area contributed by atoms with Gasteiger partial charge in [0.1, 0.15) is 0 Å². The first-order valence-corrected chi connectivity index (χ1v) is 9.22. The van der Waals surface area contributed by atoms with Gasteiger partial charge in [0.2, 0.25) is 11.8 Å². The smallest absolute Gasteiger partial charge is 0.308 e. The minimum Gasteiger partial charge on any atom is -0.481 e. The van der Waals surface area contributed by atoms with Crippen LogP contribution in [0.15, 0.2) is 0 Å². The second kappa shape index (κ2) is 9.04. The van der Waals surface area contributed by atoms with Crippen molar-refractivity contribution in [3.05, 3.63) is 0 Å². The van der Waals surface area contributed by atoms with Gasteiger partial charge in [0.15, 0.2) is 0 Å². The molecule has 6 nitrogen and oxygen atoms in total. The number of likely N-dealkylation sites (N-methyl/N-ethyl adjacent to an activating group) is 1. The van der Waals surface area contributed by atoms with Crippen molar-refractivity contribution in [2.45, 2.75) is 57.8 Å². The zero-order valence-corrected chi connectivity index (χ0v) is 14.7. The Morgan fingerprint density at radius 2 is 1.79 bits per heavy atom. The molecule has 0 radical (unpaired) electrons. The fourth-order valence-electron chi connectivity index (χ4n) is 3.79. The molecule has 2 amide bonds. The van der Waals surface area contributed by atoms with Crippen molar-refractivity contribution in [3.63, 3.8) is 0 Å². The van der Waals surface area contributed by atoms with Crippen LogP contribution in [-0.4, -0.2) is 59.4 Å². The van der Waals surface area contributed by atoms with E-state index in [-0.39, 0.29) is 24.9 Å². The number of carbonyl (C=O) groups is 3. The van der Waals surface area contributed by atoms with Crippen LogP contribution in [0, 0.1) is 11.8 Å². The fourth-order valence-corrected chi connectivity index (χ4v) is 3.79. The van der Waals surface area contributed by atoms with Crippen LogP contribution in [0.4, 0.5) is 0 Å². The fraction of sp³-hybridized carbons (Fsp3) is 0.833. The molecular weight excluding hydrogens is 308 g/mol. The van der Waals surface area contributed by atoms with Crippen molar-refractivity contribution in [1.82, 2.24) is 9.80 Å². The number of nitrogens with zero attached hydrogens (tertiary/aromatic N) is 2. The Labute approximate surface area is 144 Å². The molecule has 1 N–H and O–H groups in total. The first-order valence-electron chi connectivity index (χ1n) is 9.22. The molecule has 1 heterocycles. The number of carboxylic acid groups (broad SMARTS) is 1. The Bertz CT molecular complexity index is 460. The van der Waals surface area contributed by atoms with E-state index in [9.17, 15) is 14.4 Å². The van der Waals surface area contributed by atoms with Crippen LogP contribution in [0.25, 0.3) is 0 Å². The van der Waals surface area contributed by atoms with E-state index >= 15 is 0 Å². The van der Waals surface area contributed by atoms with E-state index in [2.05, 4.69) is 0 Å². The maximum atomic E-state index is 12.3. The zero-order chi connectivity index (χ0) is 17.5. The van der Waals surface area contributed by atoms with Crippen LogP contribution in [0.5, 0.6) is 0 Å². The van der Waals surface area contributed by atoms with Crippen LogP contribution in [0.2, 0.25) is 0 Å². The van der Waals surface area contributed by atoms with Gasteiger partial charge in [0.25, 0.3) is 0 Å². The molecule has 24 heavy (non-hydrogen) atoms. The first-order chi connectivity index (χ1) is 11.5. The van der Waals surface area contributed by atoms with E-state index in [1.54, 1.807) is 11.9 Å². The molecule has 136 valence electrons. The largest absolute Gasteiger partial charge is 0.481 e. The lowest BCUT2D eigenvalue weighted by atomic mass is 9.86. The number of likely N-dealkylation sites (tertiary alicyclic amines) is 1. The minimum absolute atomic E-state index is 0.0146. The Balaban J connectivity index is 1.73. The highest BCUT2D eigenvalue weighted by molar-refractivity contribution is 5.85. The van der Waals surface area contributed by atoms with E-state index in [0.717, 1.165) is 6.42 Å². The number of piperidine rings is 1. The Morgan fingerprint density at radius 1 is 1.08 bits per heavy atom. The molecular formula is C18H30N2O4. The van der Waals surface area contributed by atoms with Gasteiger partial charge in [-0.15, -0.1) is 0 Å². The number of carboxylic acids is 1. The van der Waals surface area contributed by atoms with Gasteiger partial charge >= 0.3 is 5.97 Å². The van der Waals surface area contributed by atoms with E-state index in [0.29, 0.717) is 31.7 Å². The van der Waals surface area contributed by atoms with Crippen molar-refractivity contribution in [2.75, 3.05) is 26.7 Å². The third-order valence-electron chi connectivity index (χ3n) is 5.41. The predicted octanol–water partition coefficient (Wildman–Crippen LogP) is 2.13. The number of amides is 2. The van der Waals surface area contributed by atoms with Gasteiger partial charge in [-0.1, -0.05) is 32.1 Å². The third kappa shape index (κ3) is 5.49. The van der Waals surface area contributed by atoms with E-state index in [4.69, 9.17) is 5.11 Å². The lowest BCUT2D eigenvalue weighted by Crippen LogP contribution is -2.46. The highest BCUT2D eigenvalue weighted by Crippen LogP contribution is 2.27. The quantitative estimate of drug-likeness (QED) is 0.805. The summed E-state index contributed by atoms with van der Waals surface area (Å²) in [5, 5.41) is 9.10. The van der Waals surface area contributed by atoms with Gasteiger partial charge in [-0.2, -0.15) is 0 Å². The molecule has 0 aromatic carbocycles. The summed E-state index contributed by atoms with van der Waals surface area (Å²) in [6, 6.07) is 0. The number of carbonyl (C=O) groups excluding carboxylic acids is 2. The maximum Gasteiger partial charge on any atom is 0.308 e. The van der Waals surface area contributed by atoms with E-state index in [1.807, 2.05) is 0 Å². The van der Waals surface area contributed by atoms with Crippen LogP contribution in [0.1, 0.15) is 57.8 Å². The van der Waals surface area contributed by atoms with Crippen molar-refractivity contribution < 1.29 is 19.5 Å². The molecule has 1 atom stereocenters. The average Bonchev–Trinajstić information content (AvgIpc) is 2.60. The molecule has 0 aromatic rings. The van der Waals surface area contributed by atoms with Crippen molar-refractivity contribution in [1.29, 1.82) is 0 Å². The molecule has 2 rings (SSSR count). The SMILES string of the molecule is CN(CC(=O)N1CCCC(C(=O)O)C1)C(=O)CCC1CCCCC1. The average molecular weight is 338 g/mol. The second-order valence-corrected chi connectivity index (χ2v) is 7.31. The van der Waals surface area contributed by atoms with E-state index < -0.39 is 11.9 Å². The second-order valence-electron chi connectivity index (χ2n) is 7.31. The molecule has 6 heteroatoms. The summed E-state index contributed by atoms with van der Waals surface area (Å²) < 4.78 is 0. The Morgan fingerprint density at radius 3 is 2.46 bits per heavy atom. The third-order valence-corrected chi connectivity index (χ3v) is 5.41. The van der Waals surface area contributed by atoms with Gasteiger partial charge in [-0.05, 0) is 25.2 Å². The topological polar surface area (TPSA) is 77.9 Å². The number of hydrogen-bond acceptors (Lipinski definition) is 3. The molecule has 1 saturated heterocycles. The van der Waals surface area contributed by atoms with Gasteiger partial charge in [-0.3, -0.25) is 14.4 Å². The summed E-state index contributed by atoms with van der Waals surface area (Å²) in [6.07, 6.45) is 9.05. The highest BCUT2D eigenvalue weighted by Gasteiger charge is 2.29. The number of hydrogen-bond donors (Lipinski definition) is 1. The molecule has 1 unspecified atom stereocenters. The van der Waals surface area contributed by atoms with Gasteiger partial charge in [0.05, 0.1) is 12.5 Å². The normalized spacial score (nSPS) is 22.2. The summed E-state index contributed by atoms with van der Waals surface area (Å²) in [4.78, 5) is 38.7. The Kier molecular flexibility index (Phi) is 7.06. The van der Waals surface area contributed by atoms with Crippen LogP contribution >= 0.6 is 0 Å². The molecule has 1 aliphatic heterocycles. The summed E-state index contributed by atoms with van der Waals surface area (Å²) in [5.74, 6) is -0.792. The molecule has 0 spiro atoms. The van der Waals surface area contributed by atoms with Crippen LogP contribution in [-0.2, 0) is 14.4 Å². The van der Waals surface area contributed by atoms with Gasteiger partial charge in [-0.25, -0.2) is 0 Å². The van der Waals surface area contributed by atoms with Crippen molar-refractivity contribution >= 4 is 17.8 Å². The lowest BCUT2D eigenvalue weighted by Gasteiger charge is -2.32. The number of aliphatic carboxylic acids is 1. The Hall–Kier alpha value is -1.59. The lowest BCUT2D eigenvalue weighted by molar-refractivity contribution is -0.147. The summed E-state index contributed by atoms with van der Waals surface area (Å²) in [5.41, 5.74) is 0. The molecule has 0 aromatic heterocycles. The monoisotopic (exact) mass is 338 g/mol. The van der Waals surface area contributed by atoms with Crippen LogP contribution < -0.4 is 0 Å². The zero-order valence-electron chi connectivity index (χ0n) is 14.7. The van der Waals surface area contributed by atoms with Crippen LogP contribution in [0.3, 0.4) is 0 Å². The summed E-state index contributed by atoms with van der Waals surface area (Å²) in [7, 11) is 1.67. The molecule has 2 fully saturated rings. The molecule has 2 aliphatic rings. The predicted molar refractivity (Wildman–Crippen MR) is 90.4 cm³/mol. The van der Waals surface area contributed by atoms with Crippen molar-refractivity contribution in [2.24, 2.45) is 11.8 Å². The highest BCUT2D eigenvalue weighted by atomic mass is 16.4. The molecule has 0 bridgehead atoms. The number of rotatable bonds is 6. The van der Waals surface area contributed by atoms with Gasteiger partial charge < -0.3 is 14.9 Å².